The lowest BCUT2D eigenvalue weighted by atomic mass is 10.1. The first-order chi connectivity index (χ1) is 12.3. The maximum atomic E-state index is 2.55. The normalized spacial score (nSPS) is 16.8. The molecule has 2 heteroatoms. The number of hydrogen-bond acceptors (Lipinski definition) is 2. The van der Waals surface area contributed by atoms with Crippen LogP contribution in [0.5, 0.6) is 0 Å². The predicted octanol–water partition coefficient (Wildman–Crippen LogP) is 6.19. The minimum atomic E-state index is 0.501. The highest BCUT2D eigenvalue weighted by atomic mass is 15.4. The molecule has 0 amide bonds. The second kappa shape index (κ2) is 12.0. The van der Waals surface area contributed by atoms with E-state index < -0.39 is 0 Å². The Labute approximate surface area is 155 Å². The maximum absolute atomic E-state index is 2.55. The first-order valence-electron chi connectivity index (χ1n) is 10.6. The molecule has 0 spiro atoms. The third kappa shape index (κ3) is 7.13. The zero-order valence-electron chi connectivity index (χ0n) is 16.5. The van der Waals surface area contributed by atoms with Crippen molar-refractivity contribution < 1.29 is 0 Å². The van der Waals surface area contributed by atoms with Crippen LogP contribution in [0.4, 0.5) is 0 Å². The Morgan fingerprint density at radius 2 is 1.32 bits per heavy atom. The average Bonchev–Trinajstić information content (AvgIpc) is 3.03. The Bertz CT molecular complexity index is 468. The van der Waals surface area contributed by atoms with Gasteiger partial charge in [0, 0.05) is 31.9 Å². The van der Waals surface area contributed by atoms with Gasteiger partial charge < -0.3 is 9.80 Å². The summed E-state index contributed by atoms with van der Waals surface area (Å²) < 4.78 is 0. The van der Waals surface area contributed by atoms with Crippen molar-refractivity contribution in [1.82, 2.24) is 9.80 Å². The lowest BCUT2D eigenvalue weighted by Crippen LogP contribution is -2.40. The quantitative estimate of drug-likeness (QED) is 0.394. The van der Waals surface area contributed by atoms with Crippen molar-refractivity contribution in [3.63, 3.8) is 0 Å². The number of nitrogens with zero attached hydrogens (tertiary/aromatic N) is 2. The van der Waals surface area contributed by atoms with Gasteiger partial charge in [-0.05, 0) is 18.9 Å². The summed E-state index contributed by atoms with van der Waals surface area (Å²) in [5.74, 6) is 0. The Morgan fingerprint density at radius 1 is 0.720 bits per heavy atom. The third-order valence-electron chi connectivity index (χ3n) is 5.36. The molecule has 1 aliphatic heterocycles. The first kappa shape index (κ1) is 19.9. The minimum Gasteiger partial charge on any atom is -0.356 e. The number of benzene rings is 1. The highest BCUT2D eigenvalue weighted by Gasteiger charge is 2.24. The number of unbranched alkanes of at least 4 members (excludes halogenated alkanes) is 8. The topological polar surface area (TPSA) is 6.48 Å². The van der Waals surface area contributed by atoms with Gasteiger partial charge >= 0.3 is 0 Å². The Morgan fingerprint density at radius 3 is 1.96 bits per heavy atom. The smallest absolute Gasteiger partial charge is 0.105 e. The van der Waals surface area contributed by atoms with Crippen molar-refractivity contribution in [2.45, 2.75) is 84.2 Å². The molecule has 0 aliphatic carbocycles. The molecule has 140 valence electrons. The number of rotatable bonds is 13. The monoisotopic (exact) mass is 342 g/mol. The molecule has 0 aromatic heterocycles. The summed E-state index contributed by atoms with van der Waals surface area (Å²) in [5, 5.41) is 0. The zero-order chi connectivity index (χ0) is 17.7. The van der Waals surface area contributed by atoms with Crippen LogP contribution in [0.3, 0.4) is 0 Å². The molecule has 0 fully saturated rings. The third-order valence-corrected chi connectivity index (χ3v) is 5.36. The van der Waals surface area contributed by atoms with E-state index in [0.717, 1.165) is 13.0 Å². The van der Waals surface area contributed by atoms with Gasteiger partial charge in [0.1, 0.15) is 6.17 Å². The molecule has 2 nitrogen and oxygen atoms in total. The molecule has 1 heterocycles. The molecule has 0 saturated carbocycles. The van der Waals surface area contributed by atoms with Crippen LogP contribution in [0.25, 0.3) is 0 Å². The van der Waals surface area contributed by atoms with E-state index in [9.17, 15) is 0 Å². The van der Waals surface area contributed by atoms with Gasteiger partial charge in [-0.3, -0.25) is 0 Å². The average molecular weight is 343 g/mol. The van der Waals surface area contributed by atoms with E-state index in [1.165, 1.54) is 69.9 Å². The molecule has 0 bridgehead atoms. The van der Waals surface area contributed by atoms with Gasteiger partial charge in [0.2, 0.25) is 0 Å². The molecule has 1 aromatic carbocycles. The summed E-state index contributed by atoms with van der Waals surface area (Å²) in [4.78, 5) is 5.03. The van der Waals surface area contributed by atoms with Crippen LogP contribution in [-0.4, -0.2) is 29.1 Å². The van der Waals surface area contributed by atoms with Gasteiger partial charge in [0.25, 0.3) is 0 Å². The zero-order valence-corrected chi connectivity index (χ0v) is 16.5. The van der Waals surface area contributed by atoms with Crippen LogP contribution in [0.1, 0.15) is 77.2 Å². The van der Waals surface area contributed by atoms with Gasteiger partial charge in [-0.2, -0.15) is 0 Å². The van der Waals surface area contributed by atoms with Gasteiger partial charge in [0.15, 0.2) is 0 Å². The van der Waals surface area contributed by atoms with Crippen molar-refractivity contribution >= 4 is 0 Å². The summed E-state index contributed by atoms with van der Waals surface area (Å²) in [6.07, 6.45) is 18.8. The SMILES string of the molecule is CCCCCCCCCCCN1C=CN(CC)C1Cc1ccccc1. The van der Waals surface area contributed by atoms with Crippen molar-refractivity contribution in [1.29, 1.82) is 0 Å². The van der Waals surface area contributed by atoms with Gasteiger partial charge in [-0.1, -0.05) is 88.6 Å². The molecule has 1 aliphatic rings. The fraction of sp³-hybridized carbons (Fsp3) is 0.652. The summed E-state index contributed by atoms with van der Waals surface area (Å²) in [6.45, 7) is 6.82. The fourth-order valence-electron chi connectivity index (χ4n) is 3.76. The Kier molecular flexibility index (Phi) is 9.54. The van der Waals surface area contributed by atoms with Crippen LogP contribution in [-0.2, 0) is 6.42 Å². The molecule has 0 radical (unpaired) electrons. The molecule has 25 heavy (non-hydrogen) atoms. The van der Waals surface area contributed by atoms with Crippen molar-refractivity contribution in [3.05, 3.63) is 48.3 Å². The van der Waals surface area contributed by atoms with E-state index in [4.69, 9.17) is 0 Å². The van der Waals surface area contributed by atoms with E-state index in [0.29, 0.717) is 6.17 Å². The van der Waals surface area contributed by atoms with Gasteiger partial charge in [0.05, 0.1) is 0 Å². The number of hydrogen-bond donors (Lipinski definition) is 0. The molecule has 0 N–H and O–H groups in total. The lowest BCUT2D eigenvalue weighted by molar-refractivity contribution is 0.155. The van der Waals surface area contributed by atoms with Crippen LogP contribution in [0, 0.1) is 0 Å². The molecule has 1 unspecified atom stereocenters. The fourth-order valence-corrected chi connectivity index (χ4v) is 3.76. The molecule has 0 saturated heterocycles. The lowest BCUT2D eigenvalue weighted by Gasteiger charge is -2.32. The Hall–Kier alpha value is -1.44. The molecular weight excluding hydrogens is 304 g/mol. The van der Waals surface area contributed by atoms with Gasteiger partial charge in [-0.15, -0.1) is 0 Å². The van der Waals surface area contributed by atoms with Gasteiger partial charge in [-0.25, -0.2) is 0 Å². The van der Waals surface area contributed by atoms with Crippen LogP contribution in [0.2, 0.25) is 0 Å². The standard InChI is InChI=1S/C23H38N2/c1-3-5-6-7-8-9-10-11-15-18-25-20-19-24(4-2)23(25)21-22-16-13-12-14-17-22/h12-14,16-17,19-20,23H,3-11,15,18,21H2,1-2H3. The molecule has 1 aromatic rings. The summed E-state index contributed by atoms with van der Waals surface area (Å²) in [5.41, 5.74) is 1.44. The maximum Gasteiger partial charge on any atom is 0.105 e. The second-order valence-corrected chi connectivity index (χ2v) is 7.37. The largest absolute Gasteiger partial charge is 0.356 e. The molecule has 1 atom stereocenters. The van der Waals surface area contributed by atoms with E-state index in [1.807, 2.05) is 0 Å². The highest BCUT2D eigenvalue weighted by Crippen LogP contribution is 2.21. The number of likely N-dealkylation sites (N-methyl/N-ethyl adjacent to an activating group) is 1. The summed E-state index contributed by atoms with van der Waals surface area (Å²) >= 11 is 0. The minimum absolute atomic E-state index is 0.501. The van der Waals surface area contributed by atoms with Crippen LogP contribution < -0.4 is 0 Å². The van der Waals surface area contributed by atoms with E-state index >= 15 is 0 Å². The summed E-state index contributed by atoms with van der Waals surface area (Å²) in [7, 11) is 0. The Balaban J connectivity index is 1.65. The van der Waals surface area contributed by atoms with Crippen molar-refractivity contribution in [2.75, 3.05) is 13.1 Å². The summed E-state index contributed by atoms with van der Waals surface area (Å²) in [6, 6.07) is 10.9. The van der Waals surface area contributed by atoms with Crippen molar-refractivity contribution in [2.24, 2.45) is 0 Å². The first-order valence-corrected chi connectivity index (χ1v) is 10.6. The van der Waals surface area contributed by atoms with E-state index in [1.54, 1.807) is 0 Å². The predicted molar refractivity (Wildman–Crippen MR) is 109 cm³/mol. The van der Waals surface area contributed by atoms with E-state index in [2.05, 4.69) is 66.4 Å². The highest BCUT2D eigenvalue weighted by molar-refractivity contribution is 5.17. The second-order valence-electron chi connectivity index (χ2n) is 7.37. The molecular formula is C23H38N2. The van der Waals surface area contributed by atoms with Crippen LogP contribution >= 0.6 is 0 Å². The van der Waals surface area contributed by atoms with Crippen molar-refractivity contribution in [3.8, 4) is 0 Å². The van der Waals surface area contributed by atoms with E-state index in [-0.39, 0.29) is 0 Å². The molecule has 2 rings (SSSR count). The van der Waals surface area contributed by atoms with Crippen LogP contribution in [0.15, 0.2) is 42.7 Å².